The zero-order chi connectivity index (χ0) is 23.9. The molecule has 1 aliphatic rings. The average molecular weight is 472 g/mol. The summed E-state index contributed by atoms with van der Waals surface area (Å²) < 4.78 is 5.15. The molecule has 0 aliphatic heterocycles. The molecule has 7 heteroatoms. The van der Waals surface area contributed by atoms with Gasteiger partial charge in [-0.15, -0.1) is 11.3 Å². The molecule has 0 saturated heterocycles. The van der Waals surface area contributed by atoms with E-state index in [1.165, 1.54) is 22.3 Å². The summed E-state index contributed by atoms with van der Waals surface area (Å²) in [7, 11) is 1.56. The zero-order valence-corrected chi connectivity index (χ0v) is 19.7. The van der Waals surface area contributed by atoms with E-state index in [-0.39, 0.29) is 11.5 Å². The van der Waals surface area contributed by atoms with Crippen LogP contribution in [-0.4, -0.2) is 18.8 Å². The first-order valence-electron chi connectivity index (χ1n) is 11.1. The molecule has 1 amide bonds. The SMILES string of the molecule is COc1ccc(C(=O)C=C(Nc2sc3c(c2C#N)CCCC3)C(=O)NCc2ccccc2)cc1. The predicted octanol–water partition coefficient (Wildman–Crippen LogP) is 5.00. The van der Waals surface area contributed by atoms with Crippen molar-refractivity contribution in [3.8, 4) is 11.8 Å². The molecular formula is C27H25N3O3S. The van der Waals surface area contributed by atoms with Crippen molar-refractivity contribution in [2.75, 3.05) is 12.4 Å². The van der Waals surface area contributed by atoms with E-state index in [2.05, 4.69) is 16.7 Å². The third-order valence-electron chi connectivity index (χ3n) is 5.72. The van der Waals surface area contributed by atoms with E-state index in [1.807, 2.05) is 30.3 Å². The van der Waals surface area contributed by atoms with Crippen molar-refractivity contribution in [2.45, 2.75) is 32.2 Å². The summed E-state index contributed by atoms with van der Waals surface area (Å²) in [4.78, 5) is 27.3. The van der Waals surface area contributed by atoms with Crippen LogP contribution >= 0.6 is 11.3 Å². The van der Waals surface area contributed by atoms with E-state index < -0.39 is 5.91 Å². The first kappa shape index (κ1) is 23.3. The highest BCUT2D eigenvalue weighted by molar-refractivity contribution is 7.16. The lowest BCUT2D eigenvalue weighted by Gasteiger charge is -2.12. The molecule has 0 fully saturated rings. The van der Waals surface area contributed by atoms with Gasteiger partial charge in [-0.25, -0.2) is 0 Å². The van der Waals surface area contributed by atoms with Crippen LogP contribution in [0.3, 0.4) is 0 Å². The minimum absolute atomic E-state index is 0.104. The second-order valence-corrected chi connectivity index (χ2v) is 9.08. The third kappa shape index (κ3) is 5.36. The fourth-order valence-corrected chi connectivity index (χ4v) is 5.15. The maximum Gasteiger partial charge on any atom is 0.268 e. The molecule has 0 bridgehead atoms. The van der Waals surface area contributed by atoms with Gasteiger partial charge in [-0.05, 0) is 61.1 Å². The first-order chi connectivity index (χ1) is 16.6. The van der Waals surface area contributed by atoms with Crippen molar-refractivity contribution in [3.63, 3.8) is 0 Å². The number of amides is 1. The van der Waals surface area contributed by atoms with Gasteiger partial charge < -0.3 is 15.4 Å². The van der Waals surface area contributed by atoms with Crippen molar-refractivity contribution in [2.24, 2.45) is 0 Å². The van der Waals surface area contributed by atoms with Gasteiger partial charge in [0.15, 0.2) is 5.78 Å². The number of ketones is 1. The second kappa shape index (κ2) is 10.8. The molecule has 4 rings (SSSR count). The van der Waals surface area contributed by atoms with Gasteiger partial charge in [-0.3, -0.25) is 9.59 Å². The number of aryl methyl sites for hydroxylation is 1. The van der Waals surface area contributed by atoms with Gasteiger partial charge in [-0.2, -0.15) is 5.26 Å². The Bertz CT molecular complexity index is 1250. The Morgan fingerprint density at radius 3 is 2.53 bits per heavy atom. The summed E-state index contributed by atoms with van der Waals surface area (Å²) in [5.41, 5.74) is 3.11. The van der Waals surface area contributed by atoms with Crippen molar-refractivity contribution in [1.29, 1.82) is 5.26 Å². The first-order valence-corrected chi connectivity index (χ1v) is 11.9. The van der Waals surface area contributed by atoms with Gasteiger partial charge in [0.2, 0.25) is 0 Å². The highest BCUT2D eigenvalue weighted by Crippen LogP contribution is 2.38. The Labute approximate surface area is 202 Å². The van der Waals surface area contributed by atoms with Crippen LogP contribution in [0.4, 0.5) is 5.00 Å². The number of carbonyl (C=O) groups excluding carboxylic acids is 2. The Kier molecular flexibility index (Phi) is 7.41. The molecule has 3 aromatic rings. The van der Waals surface area contributed by atoms with Crippen LogP contribution in [0.15, 0.2) is 66.4 Å². The lowest BCUT2D eigenvalue weighted by atomic mass is 9.96. The van der Waals surface area contributed by atoms with Crippen molar-refractivity contribution in [1.82, 2.24) is 5.32 Å². The fraction of sp³-hybridized carbons (Fsp3) is 0.222. The topological polar surface area (TPSA) is 91.2 Å². The lowest BCUT2D eigenvalue weighted by Crippen LogP contribution is -2.28. The summed E-state index contributed by atoms with van der Waals surface area (Å²) in [6.07, 6.45) is 5.23. The van der Waals surface area contributed by atoms with E-state index in [0.717, 1.165) is 36.8 Å². The summed E-state index contributed by atoms with van der Waals surface area (Å²) in [5, 5.41) is 16.4. The molecule has 0 spiro atoms. The zero-order valence-electron chi connectivity index (χ0n) is 18.9. The number of allylic oxidation sites excluding steroid dienone is 1. The van der Waals surface area contributed by atoms with E-state index >= 15 is 0 Å². The molecule has 172 valence electrons. The maximum atomic E-state index is 13.1. The fourth-order valence-electron chi connectivity index (χ4n) is 3.90. The number of benzene rings is 2. The average Bonchev–Trinajstić information content (AvgIpc) is 3.24. The summed E-state index contributed by atoms with van der Waals surface area (Å²) in [5.74, 6) is -0.0943. The molecule has 1 aliphatic carbocycles. The number of anilines is 1. The Balaban J connectivity index is 1.62. The molecule has 0 saturated carbocycles. The molecular weight excluding hydrogens is 446 g/mol. The van der Waals surface area contributed by atoms with Crippen LogP contribution in [0.2, 0.25) is 0 Å². The number of hydrogen-bond donors (Lipinski definition) is 2. The number of thiophene rings is 1. The van der Waals surface area contributed by atoms with Crippen LogP contribution in [0.25, 0.3) is 0 Å². The maximum absolute atomic E-state index is 13.1. The standard InChI is InChI=1S/C27H25N3O3S/c1-33-20-13-11-19(12-14-20)24(31)15-23(26(32)29-17-18-7-3-2-4-8-18)30-27-22(16-28)21-9-5-6-10-25(21)34-27/h2-4,7-8,11-15,30H,5-6,9-10,17H2,1H3,(H,29,32). The van der Waals surface area contributed by atoms with E-state index in [0.29, 0.717) is 28.4 Å². The van der Waals surface area contributed by atoms with Gasteiger partial charge in [-0.1, -0.05) is 30.3 Å². The largest absolute Gasteiger partial charge is 0.497 e. The van der Waals surface area contributed by atoms with Crippen LogP contribution in [0.1, 0.15) is 44.8 Å². The molecule has 6 nitrogen and oxygen atoms in total. The smallest absolute Gasteiger partial charge is 0.268 e. The number of ether oxygens (including phenoxy) is 1. The van der Waals surface area contributed by atoms with Gasteiger partial charge in [0, 0.05) is 23.1 Å². The summed E-state index contributed by atoms with van der Waals surface area (Å²) >= 11 is 1.49. The van der Waals surface area contributed by atoms with E-state index in [4.69, 9.17) is 4.74 Å². The number of nitriles is 1. The molecule has 1 aromatic heterocycles. The van der Waals surface area contributed by atoms with Gasteiger partial charge >= 0.3 is 0 Å². The summed E-state index contributed by atoms with van der Waals surface area (Å²) in [6, 6.07) is 18.5. The van der Waals surface area contributed by atoms with E-state index in [1.54, 1.807) is 31.4 Å². The Hall–Kier alpha value is -3.89. The van der Waals surface area contributed by atoms with Gasteiger partial charge in [0.05, 0.1) is 12.7 Å². The molecule has 34 heavy (non-hydrogen) atoms. The normalized spacial score (nSPS) is 12.9. The molecule has 2 N–H and O–H groups in total. The highest BCUT2D eigenvalue weighted by Gasteiger charge is 2.23. The number of carbonyl (C=O) groups is 2. The highest BCUT2D eigenvalue weighted by atomic mass is 32.1. The number of methoxy groups -OCH3 is 1. The monoisotopic (exact) mass is 471 g/mol. The van der Waals surface area contributed by atoms with Gasteiger partial charge in [0.1, 0.15) is 22.5 Å². The van der Waals surface area contributed by atoms with Gasteiger partial charge in [0.25, 0.3) is 5.91 Å². The number of hydrogen-bond acceptors (Lipinski definition) is 6. The molecule has 0 unspecified atom stereocenters. The van der Waals surface area contributed by atoms with Crippen LogP contribution in [0, 0.1) is 11.3 Å². The Morgan fingerprint density at radius 1 is 1.09 bits per heavy atom. The molecule has 2 aromatic carbocycles. The third-order valence-corrected chi connectivity index (χ3v) is 6.93. The molecule has 0 radical (unpaired) electrons. The van der Waals surface area contributed by atoms with Crippen molar-refractivity contribution < 1.29 is 14.3 Å². The number of rotatable bonds is 8. The lowest BCUT2D eigenvalue weighted by molar-refractivity contribution is -0.117. The van der Waals surface area contributed by atoms with Crippen molar-refractivity contribution in [3.05, 3.63) is 93.5 Å². The minimum Gasteiger partial charge on any atom is -0.497 e. The van der Waals surface area contributed by atoms with Crippen LogP contribution in [-0.2, 0) is 24.2 Å². The molecule has 1 heterocycles. The van der Waals surface area contributed by atoms with Crippen LogP contribution in [0.5, 0.6) is 5.75 Å². The van der Waals surface area contributed by atoms with E-state index in [9.17, 15) is 14.9 Å². The predicted molar refractivity (Wildman–Crippen MR) is 133 cm³/mol. The number of nitrogens with one attached hydrogen (secondary N) is 2. The summed E-state index contributed by atoms with van der Waals surface area (Å²) in [6.45, 7) is 0.321. The number of nitrogens with zero attached hydrogens (tertiary/aromatic N) is 1. The second-order valence-electron chi connectivity index (χ2n) is 7.97. The van der Waals surface area contributed by atoms with Crippen LogP contribution < -0.4 is 15.4 Å². The Morgan fingerprint density at radius 2 is 1.82 bits per heavy atom. The number of fused-ring (bicyclic) bond motifs is 1. The quantitative estimate of drug-likeness (QED) is 0.356. The minimum atomic E-state index is -0.416. The van der Waals surface area contributed by atoms with Crippen molar-refractivity contribution >= 4 is 28.0 Å². The molecule has 0 atom stereocenters.